The molecule has 2 N–H and O–H groups in total. The van der Waals surface area contributed by atoms with E-state index < -0.39 is 0 Å². The van der Waals surface area contributed by atoms with Crippen LogP contribution < -0.4 is 15.4 Å². The lowest BCUT2D eigenvalue weighted by Crippen LogP contribution is -2.52. The Bertz CT molecular complexity index is 563. The fourth-order valence-corrected chi connectivity index (χ4v) is 5.91. The van der Waals surface area contributed by atoms with Crippen LogP contribution in [0.25, 0.3) is 0 Å². The number of ether oxygens (including phenoxy) is 1. The summed E-state index contributed by atoms with van der Waals surface area (Å²) in [5, 5.41) is 7.67. The van der Waals surface area contributed by atoms with Crippen molar-refractivity contribution in [2.24, 2.45) is 23.2 Å². The molecule has 0 heterocycles. The molecule has 0 amide bonds. The Labute approximate surface area is 150 Å². The summed E-state index contributed by atoms with van der Waals surface area (Å²) in [5.41, 5.74) is 1.75. The van der Waals surface area contributed by atoms with Crippen LogP contribution in [0, 0.1) is 23.2 Å². The van der Waals surface area contributed by atoms with Crippen molar-refractivity contribution in [3.8, 4) is 5.75 Å². The number of methoxy groups -OCH3 is 1. The van der Waals surface area contributed by atoms with Crippen LogP contribution in [0.1, 0.15) is 44.1 Å². The first-order valence-electron chi connectivity index (χ1n) is 9.29. The predicted molar refractivity (Wildman–Crippen MR) is 101 cm³/mol. The van der Waals surface area contributed by atoms with E-state index in [4.69, 9.17) is 17.0 Å². The Kier molecular flexibility index (Phi) is 4.42. The van der Waals surface area contributed by atoms with Crippen LogP contribution in [0.5, 0.6) is 5.75 Å². The topological polar surface area (TPSA) is 33.3 Å². The lowest BCUT2D eigenvalue weighted by atomic mass is 9.49. The van der Waals surface area contributed by atoms with Crippen LogP contribution in [0.4, 0.5) is 0 Å². The monoisotopic (exact) mass is 344 g/mol. The standard InChI is InChI=1S/C20H28N2OS/c1-23-18-4-2-14(3-5-18)12-21-19(24)22-13-20-9-15-6-16(10-20)8-17(7-15)11-20/h2-5,15-17H,6-13H2,1H3,(H2,21,22,24). The van der Waals surface area contributed by atoms with Gasteiger partial charge in [0, 0.05) is 13.1 Å². The third-order valence-corrected chi connectivity index (χ3v) is 6.69. The first-order valence-corrected chi connectivity index (χ1v) is 9.70. The molecule has 24 heavy (non-hydrogen) atoms. The summed E-state index contributed by atoms with van der Waals surface area (Å²) in [4.78, 5) is 0. The van der Waals surface area contributed by atoms with E-state index in [9.17, 15) is 0 Å². The molecule has 0 spiro atoms. The van der Waals surface area contributed by atoms with Gasteiger partial charge in [0.05, 0.1) is 7.11 Å². The van der Waals surface area contributed by atoms with Crippen molar-refractivity contribution in [3.05, 3.63) is 29.8 Å². The normalized spacial score (nSPS) is 33.3. The van der Waals surface area contributed by atoms with Gasteiger partial charge in [-0.1, -0.05) is 12.1 Å². The highest BCUT2D eigenvalue weighted by Crippen LogP contribution is 2.59. The molecule has 0 aromatic heterocycles. The molecule has 4 aliphatic carbocycles. The van der Waals surface area contributed by atoms with Crippen molar-refractivity contribution in [2.45, 2.75) is 45.1 Å². The van der Waals surface area contributed by atoms with Crippen molar-refractivity contribution < 1.29 is 4.74 Å². The SMILES string of the molecule is COc1ccc(CNC(=S)NCC23CC4CC(CC(C4)C2)C3)cc1. The smallest absolute Gasteiger partial charge is 0.166 e. The molecular formula is C20H28N2OS. The van der Waals surface area contributed by atoms with E-state index in [0.29, 0.717) is 5.41 Å². The van der Waals surface area contributed by atoms with E-state index in [-0.39, 0.29) is 0 Å². The van der Waals surface area contributed by atoms with Gasteiger partial charge in [0.25, 0.3) is 0 Å². The van der Waals surface area contributed by atoms with Crippen LogP contribution in [-0.4, -0.2) is 18.8 Å². The summed E-state index contributed by atoms with van der Waals surface area (Å²) in [6.07, 6.45) is 8.77. The summed E-state index contributed by atoms with van der Waals surface area (Å²) in [5.74, 6) is 3.89. The quantitative estimate of drug-likeness (QED) is 0.794. The maximum absolute atomic E-state index is 5.51. The van der Waals surface area contributed by atoms with Crippen LogP contribution >= 0.6 is 12.2 Å². The number of hydrogen-bond acceptors (Lipinski definition) is 2. The zero-order valence-corrected chi connectivity index (χ0v) is 15.3. The summed E-state index contributed by atoms with van der Waals surface area (Å²) in [7, 11) is 1.69. The van der Waals surface area contributed by atoms with Gasteiger partial charge in [-0.2, -0.15) is 0 Å². The number of thiocarbonyl (C=S) groups is 1. The van der Waals surface area contributed by atoms with E-state index in [1.165, 1.54) is 44.1 Å². The van der Waals surface area contributed by atoms with Gasteiger partial charge in [0.2, 0.25) is 0 Å². The molecule has 4 heteroatoms. The molecule has 0 radical (unpaired) electrons. The number of rotatable bonds is 5. The van der Waals surface area contributed by atoms with Crippen molar-refractivity contribution >= 4 is 17.3 Å². The zero-order chi connectivity index (χ0) is 16.6. The van der Waals surface area contributed by atoms with Gasteiger partial charge in [-0.15, -0.1) is 0 Å². The molecular weight excluding hydrogens is 316 g/mol. The van der Waals surface area contributed by atoms with Gasteiger partial charge in [0.1, 0.15) is 5.75 Å². The Morgan fingerprint density at radius 2 is 1.62 bits per heavy atom. The summed E-state index contributed by atoms with van der Waals surface area (Å²) in [6.45, 7) is 1.82. The second-order valence-electron chi connectivity index (χ2n) is 8.30. The average molecular weight is 345 g/mol. The van der Waals surface area contributed by atoms with Gasteiger partial charge in [-0.25, -0.2) is 0 Å². The Balaban J connectivity index is 1.26. The van der Waals surface area contributed by atoms with E-state index >= 15 is 0 Å². The molecule has 4 aliphatic rings. The third kappa shape index (κ3) is 3.39. The lowest BCUT2D eigenvalue weighted by molar-refractivity contribution is -0.0491. The Hall–Kier alpha value is -1.29. The van der Waals surface area contributed by atoms with Gasteiger partial charge in [-0.05, 0) is 91.6 Å². The van der Waals surface area contributed by atoms with Crippen LogP contribution in [0.15, 0.2) is 24.3 Å². The zero-order valence-electron chi connectivity index (χ0n) is 14.5. The highest BCUT2D eigenvalue weighted by molar-refractivity contribution is 7.80. The average Bonchev–Trinajstić information content (AvgIpc) is 2.57. The molecule has 0 unspecified atom stereocenters. The summed E-state index contributed by atoms with van der Waals surface area (Å²) >= 11 is 5.51. The molecule has 5 rings (SSSR count). The molecule has 4 saturated carbocycles. The Morgan fingerprint density at radius 1 is 1.04 bits per heavy atom. The minimum absolute atomic E-state index is 0.528. The van der Waals surface area contributed by atoms with Crippen molar-refractivity contribution in [3.63, 3.8) is 0 Å². The van der Waals surface area contributed by atoms with E-state index in [0.717, 1.165) is 41.7 Å². The van der Waals surface area contributed by atoms with Crippen molar-refractivity contribution in [2.75, 3.05) is 13.7 Å². The molecule has 4 fully saturated rings. The number of hydrogen-bond donors (Lipinski definition) is 2. The highest BCUT2D eigenvalue weighted by Gasteiger charge is 2.50. The molecule has 0 aliphatic heterocycles. The van der Waals surface area contributed by atoms with Gasteiger partial charge >= 0.3 is 0 Å². The molecule has 0 atom stereocenters. The van der Waals surface area contributed by atoms with Crippen molar-refractivity contribution in [1.82, 2.24) is 10.6 Å². The maximum atomic E-state index is 5.51. The van der Waals surface area contributed by atoms with Crippen molar-refractivity contribution in [1.29, 1.82) is 0 Å². The van der Waals surface area contributed by atoms with E-state index in [1.807, 2.05) is 12.1 Å². The first kappa shape index (κ1) is 16.2. The molecule has 130 valence electrons. The fourth-order valence-electron chi connectivity index (χ4n) is 5.76. The number of nitrogens with one attached hydrogen (secondary N) is 2. The molecule has 1 aromatic rings. The van der Waals surface area contributed by atoms with Gasteiger partial charge in [0.15, 0.2) is 5.11 Å². The largest absolute Gasteiger partial charge is 0.497 e. The second-order valence-corrected chi connectivity index (χ2v) is 8.71. The minimum atomic E-state index is 0.528. The van der Waals surface area contributed by atoms with E-state index in [2.05, 4.69) is 22.8 Å². The third-order valence-electron chi connectivity index (χ3n) is 6.40. The maximum Gasteiger partial charge on any atom is 0.166 e. The first-order chi connectivity index (χ1) is 11.6. The number of benzene rings is 1. The van der Waals surface area contributed by atoms with Crippen LogP contribution in [-0.2, 0) is 6.54 Å². The van der Waals surface area contributed by atoms with Gasteiger partial charge < -0.3 is 15.4 Å². The summed E-state index contributed by atoms with van der Waals surface area (Å²) < 4.78 is 5.19. The summed E-state index contributed by atoms with van der Waals surface area (Å²) in [6, 6.07) is 8.13. The second kappa shape index (κ2) is 6.55. The molecule has 1 aromatic carbocycles. The lowest BCUT2D eigenvalue weighted by Gasteiger charge is -2.57. The molecule has 0 saturated heterocycles. The predicted octanol–water partition coefficient (Wildman–Crippen LogP) is 3.88. The fraction of sp³-hybridized carbons (Fsp3) is 0.650. The Morgan fingerprint density at radius 3 is 2.17 bits per heavy atom. The highest BCUT2D eigenvalue weighted by atomic mass is 32.1. The van der Waals surface area contributed by atoms with Gasteiger partial charge in [-0.3, -0.25) is 0 Å². The van der Waals surface area contributed by atoms with E-state index in [1.54, 1.807) is 7.11 Å². The van der Waals surface area contributed by atoms with Crippen LogP contribution in [0.2, 0.25) is 0 Å². The molecule has 4 bridgehead atoms. The minimum Gasteiger partial charge on any atom is -0.497 e. The molecule has 3 nitrogen and oxygen atoms in total. The van der Waals surface area contributed by atoms with Crippen LogP contribution in [0.3, 0.4) is 0 Å².